The molecule has 2 rings (SSSR count). The molecule has 0 aliphatic rings. The van der Waals surface area contributed by atoms with Gasteiger partial charge in [0.1, 0.15) is 5.82 Å². The van der Waals surface area contributed by atoms with Gasteiger partial charge in [0.05, 0.1) is 12.2 Å². The number of benzene rings is 1. The average Bonchev–Trinajstić information content (AvgIpc) is 2.67. The first-order valence-electron chi connectivity index (χ1n) is 5.23. The van der Waals surface area contributed by atoms with Crippen molar-refractivity contribution in [3.05, 3.63) is 48.0 Å². The van der Waals surface area contributed by atoms with Gasteiger partial charge in [-0.15, -0.1) is 0 Å². The third kappa shape index (κ3) is 2.82. The van der Waals surface area contributed by atoms with Gasteiger partial charge in [-0.2, -0.15) is 5.10 Å². The van der Waals surface area contributed by atoms with E-state index in [9.17, 15) is 4.39 Å². The molecule has 0 atom stereocenters. The number of anilines is 1. The minimum absolute atomic E-state index is 0.215. The fourth-order valence-electron chi connectivity index (χ4n) is 1.47. The van der Waals surface area contributed by atoms with Crippen molar-refractivity contribution in [1.29, 1.82) is 0 Å². The largest absolute Gasteiger partial charge is 0.383 e. The van der Waals surface area contributed by atoms with Crippen LogP contribution in [0.4, 0.5) is 10.1 Å². The standard InChI is InChI=1S/C12H14FN3/c1-10-6-8-16(15-10)9-7-14-12-4-2-11(13)3-5-12/h2-6,8,14H,7,9H2,1H3. The molecule has 0 saturated carbocycles. The Kier molecular flexibility index (Phi) is 3.19. The highest BCUT2D eigenvalue weighted by molar-refractivity contribution is 5.42. The molecule has 3 nitrogen and oxygen atoms in total. The van der Waals surface area contributed by atoms with Gasteiger partial charge < -0.3 is 5.32 Å². The zero-order valence-electron chi connectivity index (χ0n) is 9.15. The summed E-state index contributed by atoms with van der Waals surface area (Å²) in [4.78, 5) is 0. The van der Waals surface area contributed by atoms with Gasteiger partial charge in [-0.05, 0) is 37.3 Å². The summed E-state index contributed by atoms with van der Waals surface area (Å²) in [6.45, 7) is 3.53. The first-order valence-corrected chi connectivity index (χ1v) is 5.23. The Hall–Kier alpha value is -1.84. The van der Waals surface area contributed by atoms with E-state index >= 15 is 0 Å². The van der Waals surface area contributed by atoms with E-state index in [4.69, 9.17) is 0 Å². The lowest BCUT2D eigenvalue weighted by Gasteiger charge is -2.06. The van der Waals surface area contributed by atoms with Crippen molar-refractivity contribution >= 4 is 5.69 Å². The van der Waals surface area contributed by atoms with E-state index in [1.807, 2.05) is 23.9 Å². The zero-order chi connectivity index (χ0) is 11.4. The predicted molar refractivity (Wildman–Crippen MR) is 61.9 cm³/mol. The highest BCUT2D eigenvalue weighted by Crippen LogP contribution is 2.07. The topological polar surface area (TPSA) is 29.9 Å². The maximum absolute atomic E-state index is 12.6. The molecule has 0 bridgehead atoms. The number of rotatable bonds is 4. The summed E-state index contributed by atoms with van der Waals surface area (Å²) in [6, 6.07) is 8.31. The Morgan fingerprint density at radius 3 is 2.62 bits per heavy atom. The van der Waals surface area contributed by atoms with Crippen LogP contribution in [0.2, 0.25) is 0 Å². The van der Waals surface area contributed by atoms with Crippen molar-refractivity contribution in [3.8, 4) is 0 Å². The molecule has 16 heavy (non-hydrogen) atoms. The van der Waals surface area contributed by atoms with Crippen LogP contribution in [0, 0.1) is 12.7 Å². The summed E-state index contributed by atoms with van der Waals surface area (Å²) in [5, 5.41) is 7.47. The smallest absolute Gasteiger partial charge is 0.123 e. The second-order valence-electron chi connectivity index (χ2n) is 3.65. The van der Waals surface area contributed by atoms with Crippen LogP contribution in [0.25, 0.3) is 0 Å². The molecule has 0 aliphatic heterocycles. The third-order valence-corrected chi connectivity index (χ3v) is 2.29. The van der Waals surface area contributed by atoms with Crippen molar-refractivity contribution in [3.63, 3.8) is 0 Å². The van der Waals surface area contributed by atoms with Crippen LogP contribution in [0.15, 0.2) is 36.5 Å². The maximum atomic E-state index is 12.6. The lowest BCUT2D eigenvalue weighted by molar-refractivity contribution is 0.626. The van der Waals surface area contributed by atoms with Gasteiger partial charge in [-0.3, -0.25) is 4.68 Å². The van der Waals surface area contributed by atoms with Gasteiger partial charge >= 0.3 is 0 Å². The zero-order valence-corrected chi connectivity index (χ0v) is 9.15. The van der Waals surface area contributed by atoms with Gasteiger partial charge in [-0.25, -0.2) is 4.39 Å². The van der Waals surface area contributed by atoms with Crippen molar-refractivity contribution in [2.45, 2.75) is 13.5 Å². The molecule has 0 amide bonds. The van der Waals surface area contributed by atoms with Crippen molar-refractivity contribution in [2.75, 3.05) is 11.9 Å². The van der Waals surface area contributed by atoms with E-state index in [-0.39, 0.29) is 5.82 Å². The summed E-state index contributed by atoms with van der Waals surface area (Å²) in [5.74, 6) is -0.215. The molecule has 0 spiro atoms. The van der Waals surface area contributed by atoms with E-state index in [1.165, 1.54) is 12.1 Å². The van der Waals surface area contributed by atoms with Crippen LogP contribution >= 0.6 is 0 Å². The van der Waals surface area contributed by atoms with Crippen LogP contribution in [0.5, 0.6) is 0 Å². The number of hydrogen-bond donors (Lipinski definition) is 1. The van der Waals surface area contributed by atoms with Crippen LogP contribution in [0.3, 0.4) is 0 Å². The van der Waals surface area contributed by atoms with Crippen LogP contribution in [-0.2, 0) is 6.54 Å². The molecular weight excluding hydrogens is 205 g/mol. The number of aryl methyl sites for hydroxylation is 1. The summed E-state index contributed by atoms with van der Waals surface area (Å²) < 4.78 is 14.5. The van der Waals surface area contributed by atoms with E-state index < -0.39 is 0 Å². The fourth-order valence-corrected chi connectivity index (χ4v) is 1.47. The highest BCUT2D eigenvalue weighted by atomic mass is 19.1. The molecule has 2 aromatic rings. The molecule has 4 heteroatoms. The molecule has 0 fully saturated rings. The molecule has 1 heterocycles. The number of nitrogens with one attached hydrogen (secondary N) is 1. The number of halogens is 1. The van der Waals surface area contributed by atoms with Crippen LogP contribution in [0.1, 0.15) is 5.69 Å². The molecular formula is C12H14FN3. The normalized spacial score (nSPS) is 10.4. The Balaban J connectivity index is 1.82. The van der Waals surface area contributed by atoms with Crippen LogP contribution in [-0.4, -0.2) is 16.3 Å². The molecule has 1 N–H and O–H groups in total. The summed E-state index contributed by atoms with van der Waals surface area (Å²) >= 11 is 0. The molecule has 1 aromatic heterocycles. The quantitative estimate of drug-likeness (QED) is 0.856. The molecule has 84 valence electrons. The van der Waals surface area contributed by atoms with Gasteiger partial charge in [-0.1, -0.05) is 0 Å². The monoisotopic (exact) mass is 219 g/mol. The third-order valence-electron chi connectivity index (χ3n) is 2.29. The fraction of sp³-hybridized carbons (Fsp3) is 0.250. The first kappa shape index (κ1) is 10.7. The highest BCUT2D eigenvalue weighted by Gasteiger charge is 1.95. The Bertz CT molecular complexity index is 448. The average molecular weight is 219 g/mol. The van der Waals surface area contributed by atoms with E-state index in [2.05, 4.69) is 10.4 Å². The van der Waals surface area contributed by atoms with Crippen molar-refractivity contribution in [2.24, 2.45) is 0 Å². The second-order valence-corrected chi connectivity index (χ2v) is 3.65. The summed E-state index contributed by atoms with van der Waals surface area (Å²) in [6.07, 6.45) is 1.95. The number of nitrogens with zero attached hydrogens (tertiary/aromatic N) is 2. The Morgan fingerprint density at radius 2 is 2.00 bits per heavy atom. The first-order chi connectivity index (χ1) is 7.74. The van der Waals surface area contributed by atoms with E-state index in [0.29, 0.717) is 0 Å². The van der Waals surface area contributed by atoms with Gasteiger partial charge in [0.2, 0.25) is 0 Å². The predicted octanol–water partition coefficient (Wildman–Crippen LogP) is 2.44. The lowest BCUT2D eigenvalue weighted by atomic mass is 10.3. The van der Waals surface area contributed by atoms with E-state index in [0.717, 1.165) is 24.5 Å². The minimum Gasteiger partial charge on any atom is -0.383 e. The molecule has 0 saturated heterocycles. The van der Waals surface area contributed by atoms with Gasteiger partial charge in [0.25, 0.3) is 0 Å². The second kappa shape index (κ2) is 4.79. The van der Waals surface area contributed by atoms with Gasteiger partial charge in [0, 0.05) is 18.4 Å². The molecule has 0 radical (unpaired) electrons. The molecule has 0 aliphatic carbocycles. The molecule has 0 unspecified atom stereocenters. The van der Waals surface area contributed by atoms with Crippen molar-refractivity contribution < 1.29 is 4.39 Å². The minimum atomic E-state index is -0.215. The lowest BCUT2D eigenvalue weighted by Crippen LogP contribution is -2.10. The SMILES string of the molecule is Cc1ccn(CCNc2ccc(F)cc2)n1. The molecule has 1 aromatic carbocycles. The van der Waals surface area contributed by atoms with E-state index in [1.54, 1.807) is 12.1 Å². The maximum Gasteiger partial charge on any atom is 0.123 e. The van der Waals surface area contributed by atoms with Crippen LogP contribution < -0.4 is 5.32 Å². The van der Waals surface area contributed by atoms with Crippen molar-refractivity contribution in [1.82, 2.24) is 9.78 Å². The van der Waals surface area contributed by atoms with Gasteiger partial charge in [0.15, 0.2) is 0 Å². The summed E-state index contributed by atoms with van der Waals surface area (Å²) in [5.41, 5.74) is 1.94. The summed E-state index contributed by atoms with van der Waals surface area (Å²) in [7, 11) is 0. The number of aromatic nitrogens is 2. The Morgan fingerprint density at radius 1 is 1.25 bits per heavy atom. The Labute approximate surface area is 93.9 Å². The number of hydrogen-bond acceptors (Lipinski definition) is 2.